The molecule has 3 nitrogen and oxygen atoms in total. The first-order chi connectivity index (χ1) is 9.59. The lowest BCUT2D eigenvalue weighted by atomic mass is 9.80. The Kier molecular flexibility index (Phi) is 5.30. The minimum atomic E-state index is -0.211. The molecule has 2 aliphatic rings. The monoisotopic (exact) mass is 296 g/mol. The predicted molar refractivity (Wildman–Crippen MR) is 81.5 cm³/mol. The molecule has 0 aliphatic heterocycles. The molecule has 1 fully saturated rings. The van der Waals surface area contributed by atoms with Gasteiger partial charge in [0.1, 0.15) is 5.76 Å². The highest BCUT2D eigenvalue weighted by atomic mass is 32.2. The molecular formula is C16H24O3S. The summed E-state index contributed by atoms with van der Waals surface area (Å²) in [5.41, 5.74) is 0. The number of esters is 1. The zero-order valence-electron chi connectivity index (χ0n) is 12.4. The van der Waals surface area contributed by atoms with Gasteiger partial charge in [-0.1, -0.05) is 19.8 Å². The first-order valence-corrected chi connectivity index (χ1v) is 8.81. The summed E-state index contributed by atoms with van der Waals surface area (Å²) >= 11 is 1.90. The quantitative estimate of drug-likeness (QED) is 0.722. The second-order valence-corrected chi connectivity index (χ2v) is 7.10. The Bertz CT molecular complexity index is 408. The van der Waals surface area contributed by atoms with Crippen LogP contribution in [-0.4, -0.2) is 22.8 Å². The number of ketones is 1. The molecule has 0 heterocycles. The summed E-state index contributed by atoms with van der Waals surface area (Å²) in [6, 6.07) is 0. The average Bonchev–Trinajstić information content (AvgIpc) is 2.88. The van der Waals surface area contributed by atoms with Gasteiger partial charge in [0.05, 0.1) is 0 Å². The molecule has 1 unspecified atom stereocenters. The molecule has 0 saturated heterocycles. The van der Waals surface area contributed by atoms with E-state index in [-0.39, 0.29) is 16.5 Å². The largest absolute Gasteiger partial charge is 0.431 e. The highest BCUT2D eigenvalue weighted by molar-refractivity contribution is 8.00. The maximum Gasteiger partial charge on any atom is 0.310 e. The minimum absolute atomic E-state index is 0.112. The van der Waals surface area contributed by atoms with Crippen molar-refractivity contribution in [1.29, 1.82) is 0 Å². The number of carbonyl (C=O) groups excluding carboxylic acids is 2. The number of rotatable bonds is 5. The van der Waals surface area contributed by atoms with Crippen molar-refractivity contribution in [2.24, 2.45) is 5.92 Å². The number of carbonyl (C=O) groups is 2. The molecule has 2 aliphatic carbocycles. The van der Waals surface area contributed by atoms with Crippen LogP contribution in [0.2, 0.25) is 0 Å². The molecule has 112 valence electrons. The van der Waals surface area contributed by atoms with Gasteiger partial charge in [0, 0.05) is 30.1 Å². The van der Waals surface area contributed by atoms with Crippen molar-refractivity contribution in [3.8, 4) is 0 Å². The molecule has 4 heteroatoms. The Balaban J connectivity index is 2.06. The smallest absolute Gasteiger partial charge is 0.310 e. The maximum absolute atomic E-state index is 12.0. The van der Waals surface area contributed by atoms with Crippen LogP contribution >= 0.6 is 11.8 Å². The van der Waals surface area contributed by atoms with Crippen LogP contribution in [0.15, 0.2) is 11.8 Å². The minimum Gasteiger partial charge on any atom is -0.431 e. The zero-order chi connectivity index (χ0) is 14.6. The lowest BCUT2D eigenvalue weighted by Crippen LogP contribution is -2.35. The average molecular weight is 296 g/mol. The number of ether oxygens (including phenoxy) is 1. The fraction of sp³-hybridized carbons (Fsp3) is 0.750. The lowest BCUT2D eigenvalue weighted by molar-refractivity contribution is -0.140. The molecule has 0 amide bonds. The second kappa shape index (κ2) is 6.79. The summed E-state index contributed by atoms with van der Waals surface area (Å²) in [5.74, 6) is 0.810. The van der Waals surface area contributed by atoms with Gasteiger partial charge in [0.25, 0.3) is 0 Å². The van der Waals surface area contributed by atoms with Crippen LogP contribution in [0.1, 0.15) is 58.3 Å². The molecule has 1 saturated carbocycles. The van der Waals surface area contributed by atoms with E-state index in [0.29, 0.717) is 24.5 Å². The summed E-state index contributed by atoms with van der Waals surface area (Å²) in [5, 5.41) is 0. The van der Waals surface area contributed by atoms with Crippen LogP contribution < -0.4 is 0 Å². The lowest BCUT2D eigenvalue weighted by Gasteiger charge is -2.37. The van der Waals surface area contributed by atoms with Gasteiger partial charge in [0.15, 0.2) is 5.78 Å². The highest BCUT2D eigenvalue weighted by Crippen LogP contribution is 2.50. The molecule has 0 aromatic heterocycles. The number of thioether (sulfide) groups is 1. The second-order valence-electron chi connectivity index (χ2n) is 5.88. The molecule has 1 atom stereocenters. The standard InChI is InChI=1S/C16H24O3S/c1-3-6-15(18)19-14-10-12(9-13(17)11-14)16(20-2)7-4-5-8-16/h11-12H,3-10H2,1-2H3. The van der Waals surface area contributed by atoms with Crippen LogP contribution in [-0.2, 0) is 14.3 Å². The fourth-order valence-corrected chi connectivity index (χ4v) is 4.65. The van der Waals surface area contributed by atoms with Crippen molar-refractivity contribution in [1.82, 2.24) is 0 Å². The highest BCUT2D eigenvalue weighted by Gasteiger charge is 2.43. The number of hydrogen-bond donors (Lipinski definition) is 0. The van der Waals surface area contributed by atoms with Crippen LogP contribution in [0.25, 0.3) is 0 Å². The molecular weight excluding hydrogens is 272 g/mol. The van der Waals surface area contributed by atoms with Crippen molar-refractivity contribution < 1.29 is 14.3 Å². The summed E-state index contributed by atoms with van der Waals surface area (Å²) in [6.07, 6.45) is 11.1. The van der Waals surface area contributed by atoms with Crippen LogP contribution in [0.3, 0.4) is 0 Å². The van der Waals surface area contributed by atoms with E-state index >= 15 is 0 Å². The van der Waals surface area contributed by atoms with Crippen molar-refractivity contribution in [3.05, 3.63) is 11.8 Å². The predicted octanol–water partition coefficient (Wildman–Crippen LogP) is 3.87. The normalized spacial score (nSPS) is 25.4. The van der Waals surface area contributed by atoms with Gasteiger partial charge in [-0.3, -0.25) is 9.59 Å². The molecule has 20 heavy (non-hydrogen) atoms. The Morgan fingerprint density at radius 1 is 1.40 bits per heavy atom. The van der Waals surface area contributed by atoms with Crippen molar-refractivity contribution in [2.75, 3.05) is 6.26 Å². The van der Waals surface area contributed by atoms with Crippen LogP contribution in [0.4, 0.5) is 0 Å². The van der Waals surface area contributed by atoms with Gasteiger partial charge in [-0.15, -0.1) is 0 Å². The number of allylic oxidation sites excluding steroid dienone is 2. The summed E-state index contributed by atoms with van der Waals surface area (Å²) < 4.78 is 5.59. The first kappa shape index (κ1) is 15.6. The van der Waals surface area contributed by atoms with Crippen molar-refractivity contribution >= 4 is 23.5 Å². The van der Waals surface area contributed by atoms with E-state index in [1.54, 1.807) is 0 Å². The Hall–Kier alpha value is -0.770. The fourth-order valence-electron chi connectivity index (χ4n) is 3.45. The topological polar surface area (TPSA) is 43.4 Å². The van der Waals surface area contributed by atoms with E-state index in [2.05, 4.69) is 6.26 Å². The molecule has 0 aromatic carbocycles. The van der Waals surface area contributed by atoms with Gasteiger partial charge in [-0.25, -0.2) is 0 Å². The Morgan fingerprint density at radius 2 is 2.10 bits per heavy atom. The SMILES string of the molecule is CCCC(=O)OC1=CC(=O)CC(C2(SC)CCCC2)C1. The van der Waals surface area contributed by atoms with Crippen molar-refractivity contribution in [2.45, 2.75) is 63.0 Å². The maximum atomic E-state index is 12.0. The van der Waals surface area contributed by atoms with E-state index in [1.807, 2.05) is 18.7 Å². The molecule has 2 rings (SSSR count). The number of hydrogen-bond acceptors (Lipinski definition) is 4. The van der Waals surface area contributed by atoms with Crippen LogP contribution in [0, 0.1) is 5.92 Å². The Morgan fingerprint density at radius 3 is 2.70 bits per heavy atom. The Labute approximate surface area is 125 Å². The van der Waals surface area contributed by atoms with E-state index < -0.39 is 0 Å². The third-order valence-corrected chi connectivity index (χ3v) is 6.07. The van der Waals surface area contributed by atoms with Gasteiger partial charge in [-0.05, 0) is 31.4 Å². The molecule has 0 N–H and O–H groups in total. The summed E-state index contributed by atoms with van der Waals surface area (Å²) in [6.45, 7) is 1.95. The van der Waals surface area contributed by atoms with E-state index in [0.717, 1.165) is 12.8 Å². The third kappa shape index (κ3) is 3.46. The molecule has 0 spiro atoms. The first-order valence-electron chi connectivity index (χ1n) is 7.59. The van der Waals surface area contributed by atoms with Crippen molar-refractivity contribution in [3.63, 3.8) is 0 Å². The molecule has 0 radical (unpaired) electrons. The van der Waals surface area contributed by atoms with Gasteiger partial charge in [0.2, 0.25) is 0 Å². The third-order valence-electron chi connectivity index (χ3n) is 4.52. The van der Waals surface area contributed by atoms with E-state index in [1.165, 1.54) is 31.8 Å². The molecule has 0 bridgehead atoms. The van der Waals surface area contributed by atoms with Gasteiger partial charge >= 0.3 is 5.97 Å². The van der Waals surface area contributed by atoms with Gasteiger partial charge in [-0.2, -0.15) is 11.8 Å². The zero-order valence-corrected chi connectivity index (χ0v) is 13.3. The van der Waals surface area contributed by atoms with Gasteiger partial charge < -0.3 is 4.74 Å². The van der Waals surface area contributed by atoms with Crippen LogP contribution in [0.5, 0.6) is 0 Å². The summed E-state index contributed by atoms with van der Waals surface area (Å²) in [4.78, 5) is 23.6. The van der Waals surface area contributed by atoms with E-state index in [9.17, 15) is 9.59 Å². The molecule has 0 aromatic rings. The summed E-state index contributed by atoms with van der Waals surface area (Å²) in [7, 11) is 0. The van der Waals surface area contributed by atoms with E-state index in [4.69, 9.17) is 4.74 Å².